The number of ether oxygens (including phenoxy) is 1. The van der Waals surface area contributed by atoms with Gasteiger partial charge in [0.05, 0.1) is 59.9 Å². The molecule has 18 heteroatoms. The highest BCUT2D eigenvalue weighted by molar-refractivity contribution is 6.23. The van der Waals surface area contributed by atoms with Crippen LogP contribution in [-0.2, 0) is 25.7 Å². The van der Waals surface area contributed by atoms with Crippen LogP contribution in [-0.4, -0.2) is 132 Å². The van der Waals surface area contributed by atoms with Gasteiger partial charge in [-0.2, -0.15) is 0 Å². The summed E-state index contributed by atoms with van der Waals surface area (Å²) < 4.78 is 36.1. The van der Waals surface area contributed by atoms with Crippen molar-refractivity contribution in [2.75, 3.05) is 64.3 Å². The fourth-order valence-corrected chi connectivity index (χ4v) is 8.36. The molecule has 4 heterocycles. The third-order valence-corrected chi connectivity index (χ3v) is 11.9. The van der Waals surface area contributed by atoms with Crippen LogP contribution in [0, 0.1) is 11.6 Å². The lowest BCUT2D eigenvalue weighted by molar-refractivity contribution is -0.123. The molecule has 2 fully saturated rings. The lowest BCUT2D eigenvalue weighted by Crippen LogP contribution is -2.47. The van der Waals surface area contributed by atoms with E-state index in [1.807, 2.05) is 4.90 Å². The van der Waals surface area contributed by atoms with Crippen LogP contribution in [0.1, 0.15) is 76.9 Å². The Morgan fingerprint density at radius 3 is 2.43 bits per heavy atom. The lowest BCUT2D eigenvalue weighted by Gasteiger charge is -2.27. The molecule has 1 aromatic heterocycles. The SMILES string of the molecule is NC=C(C=NC1CCN(CC(=O)NCCCCCCNc2ccc3c(c2)C(=O)N(C(CCC=O)C(N)=O)C3=O)C1)c1cnc2cccc(-c3cc(F)c(CN4CCOCC4)c(F)c3)c2n1. The molecule has 16 nitrogen and oxygen atoms in total. The maximum absolute atomic E-state index is 15.4. The molecular formula is C47H54F2N10O6. The van der Waals surface area contributed by atoms with Crippen molar-refractivity contribution in [3.63, 3.8) is 0 Å². The molecule has 0 bridgehead atoms. The number of halogens is 2. The summed E-state index contributed by atoms with van der Waals surface area (Å²) in [4.78, 5) is 80.5. The van der Waals surface area contributed by atoms with Crippen LogP contribution in [0.2, 0.25) is 0 Å². The van der Waals surface area contributed by atoms with Gasteiger partial charge in [0.15, 0.2) is 0 Å². The number of aldehydes is 1. The van der Waals surface area contributed by atoms with Crippen LogP contribution in [0.4, 0.5) is 14.5 Å². The standard InChI is InChI=1S/C47H54F2N10O6/c48-38-21-30(22-39(49)37(38)28-57-16-19-65-20-17-57)34-7-5-8-40-44(34)56-41(26-55-40)31(24-50)25-54-33-12-15-58(27-33)29-43(61)53-14-4-2-1-3-13-52-32-10-11-35-36(23-32)47(64)59(46(35)63)42(45(51)62)9-6-18-60/h5,7-8,10-11,18,21-26,33,42,52H,1-4,6,9,12-17,19-20,27-29,50H2,(H2,51,62)(H,53,61). The molecule has 2 atom stereocenters. The van der Waals surface area contributed by atoms with Gasteiger partial charge in [-0.1, -0.05) is 25.0 Å². The monoisotopic (exact) mass is 892 g/mol. The van der Waals surface area contributed by atoms with Gasteiger partial charge in [-0.3, -0.25) is 43.9 Å². The molecule has 0 radical (unpaired) electrons. The summed E-state index contributed by atoms with van der Waals surface area (Å²) in [5.41, 5.74) is 15.5. The summed E-state index contributed by atoms with van der Waals surface area (Å²) in [7, 11) is 0. The lowest BCUT2D eigenvalue weighted by atomic mass is 10.0. The third-order valence-electron chi connectivity index (χ3n) is 11.9. The molecule has 0 aliphatic carbocycles. The molecule has 3 aliphatic rings. The van der Waals surface area contributed by atoms with E-state index in [-0.39, 0.29) is 54.6 Å². The van der Waals surface area contributed by atoms with E-state index < -0.39 is 35.4 Å². The fraction of sp³-hybridized carbons (Fsp3) is 0.404. The van der Waals surface area contributed by atoms with E-state index in [0.29, 0.717) is 97.9 Å². The van der Waals surface area contributed by atoms with Gasteiger partial charge in [-0.05, 0) is 67.6 Å². The van der Waals surface area contributed by atoms with Crippen LogP contribution in [0.25, 0.3) is 27.7 Å². The quantitative estimate of drug-likeness (QED) is 0.0403. The topological polar surface area (TPSA) is 219 Å². The average molecular weight is 893 g/mol. The van der Waals surface area contributed by atoms with Crippen molar-refractivity contribution in [1.29, 1.82) is 0 Å². The maximum Gasteiger partial charge on any atom is 0.262 e. The van der Waals surface area contributed by atoms with E-state index in [1.165, 1.54) is 18.3 Å². The van der Waals surface area contributed by atoms with Crippen LogP contribution >= 0.6 is 0 Å². The molecule has 4 amide bonds. The summed E-state index contributed by atoms with van der Waals surface area (Å²) in [6.07, 6.45) is 9.48. The number of benzene rings is 3. The first-order valence-electron chi connectivity index (χ1n) is 22.0. The van der Waals surface area contributed by atoms with E-state index in [4.69, 9.17) is 26.2 Å². The minimum absolute atomic E-state index is 0.00596. The number of fused-ring (bicyclic) bond motifs is 2. The number of aromatic nitrogens is 2. The number of primary amides is 1. The number of allylic oxidation sites excluding steroid dienone is 1. The van der Waals surface area contributed by atoms with Crippen LogP contribution in [0.3, 0.4) is 0 Å². The van der Waals surface area contributed by atoms with Crippen molar-refractivity contribution >= 4 is 58.4 Å². The number of nitrogens with zero attached hydrogens (tertiary/aromatic N) is 6. The zero-order valence-electron chi connectivity index (χ0n) is 36.1. The summed E-state index contributed by atoms with van der Waals surface area (Å²) in [6, 6.07) is 11.6. The van der Waals surface area contributed by atoms with Crippen molar-refractivity contribution in [3.05, 3.63) is 94.9 Å². The number of aliphatic imine (C=N–C) groups is 1. The van der Waals surface area contributed by atoms with Crippen molar-refractivity contribution in [3.8, 4) is 11.1 Å². The number of imide groups is 1. The summed E-state index contributed by atoms with van der Waals surface area (Å²) in [5.74, 6) is -3.36. The van der Waals surface area contributed by atoms with E-state index in [0.717, 1.165) is 37.0 Å². The van der Waals surface area contributed by atoms with Gasteiger partial charge < -0.3 is 31.6 Å². The van der Waals surface area contributed by atoms with Crippen LogP contribution < -0.4 is 22.1 Å². The number of hydrogen-bond donors (Lipinski definition) is 4. The Balaban J connectivity index is 0.824. The number of unbranched alkanes of at least 4 members (excludes halogenated alkanes) is 3. The predicted molar refractivity (Wildman–Crippen MR) is 242 cm³/mol. The number of amides is 4. The number of likely N-dealkylation sites (tertiary alicyclic amines) is 1. The Morgan fingerprint density at radius 2 is 1.69 bits per heavy atom. The van der Waals surface area contributed by atoms with Crippen LogP contribution in [0.5, 0.6) is 0 Å². The fourth-order valence-electron chi connectivity index (χ4n) is 8.36. The van der Waals surface area contributed by atoms with E-state index in [2.05, 4.69) is 20.5 Å². The largest absolute Gasteiger partial charge is 0.404 e. The van der Waals surface area contributed by atoms with Crippen molar-refractivity contribution in [1.82, 2.24) is 30.0 Å². The molecule has 3 aliphatic heterocycles. The van der Waals surface area contributed by atoms with Gasteiger partial charge in [0.1, 0.15) is 24.0 Å². The molecule has 65 heavy (non-hydrogen) atoms. The van der Waals surface area contributed by atoms with Gasteiger partial charge in [0.25, 0.3) is 11.8 Å². The minimum atomic E-state index is -1.19. The summed E-state index contributed by atoms with van der Waals surface area (Å²) >= 11 is 0. The normalized spacial score (nSPS) is 17.5. The van der Waals surface area contributed by atoms with Crippen molar-refractivity contribution in [2.45, 2.75) is 63.6 Å². The van der Waals surface area contributed by atoms with Gasteiger partial charge in [-0.25, -0.2) is 13.8 Å². The molecule has 7 rings (SSSR count). The highest BCUT2D eigenvalue weighted by atomic mass is 19.1. The van der Waals surface area contributed by atoms with E-state index in [9.17, 15) is 24.0 Å². The number of carbonyl (C=O) groups excluding carboxylic acids is 5. The average Bonchev–Trinajstić information content (AvgIpc) is 3.85. The molecule has 4 aromatic rings. The smallest absolute Gasteiger partial charge is 0.262 e. The second kappa shape index (κ2) is 21.9. The Labute approximate surface area is 375 Å². The Bertz CT molecular complexity index is 2450. The minimum Gasteiger partial charge on any atom is -0.404 e. The van der Waals surface area contributed by atoms with E-state index >= 15 is 8.78 Å². The predicted octanol–water partition coefficient (Wildman–Crippen LogP) is 4.07. The number of rotatable bonds is 21. The summed E-state index contributed by atoms with van der Waals surface area (Å²) in [5, 5.41) is 6.28. The molecule has 342 valence electrons. The Kier molecular flexibility index (Phi) is 15.7. The third kappa shape index (κ3) is 11.4. The first-order valence-corrected chi connectivity index (χ1v) is 22.0. The molecular weight excluding hydrogens is 839 g/mol. The number of nitrogens with two attached hydrogens (primary N) is 2. The van der Waals surface area contributed by atoms with Crippen LogP contribution in [0.15, 0.2) is 65.9 Å². The molecule has 2 unspecified atom stereocenters. The molecule has 3 aromatic carbocycles. The first kappa shape index (κ1) is 46.5. The second-order valence-corrected chi connectivity index (χ2v) is 16.4. The highest BCUT2D eigenvalue weighted by Gasteiger charge is 2.42. The molecule has 0 saturated carbocycles. The van der Waals surface area contributed by atoms with Crippen molar-refractivity contribution in [2.24, 2.45) is 16.5 Å². The maximum atomic E-state index is 15.4. The number of carbonyl (C=O) groups is 5. The number of anilines is 1. The number of para-hydroxylation sites is 1. The number of morpholine rings is 1. The van der Waals surface area contributed by atoms with E-state index in [1.54, 1.807) is 48.8 Å². The van der Waals surface area contributed by atoms with Gasteiger partial charge in [0, 0.05) is 87.0 Å². The molecule has 0 spiro atoms. The first-order chi connectivity index (χ1) is 31.5. The Morgan fingerprint density at radius 1 is 0.938 bits per heavy atom. The van der Waals surface area contributed by atoms with Crippen molar-refractivity contribution < 1.29 is 37.5 Å². The number of hydrogen-bond acceptors (Lipinski definition) is 13. The highest BCUT2D eigenvalue weighted by Crippen LogP contribution is 2.32. The molecule has 2 saturated heterocycles. The zero-order chi connectivity index (χ0) is 45.9. The molecule has 6 N–H and O–H groups in total. The zero-order valence-corrected chi connectivity index (χ0v) is 36.1. The number of nitrogens with one attached hydrogen (secondary N) is 2. The van der Waals surface area contributed by atoms with Gasteiger partial charge in [0.2, 0.25) is 11.8 Å². The van der Waals surface area contributed by atoms with Gasteiger partial charge >= 0.3 is 0 Å². The van der Waals surface area contributed by atoms with Gasteiger partial charge in [-0.15, -0.1) is 0 Å². The second-order valence-electron chi connectivity index (χ2n) is 16.4. The summed E-state index contributed by atoms with van der Waals surface area (Å²) in [6.45, 7) is 5.21. The Hall–Kier alpha value is -6.50.